The fraction of sp³-hybridized carbons (Fsp3) is 0.712. The van der Waals surface area contributed by atoms with E-state index >= 15 is 0 Å². The standard InChI is InChI=1S/C73H124O6/c1-4-7-10-13-16-19-22-24-26-27-28-29-30-31-32-33-34-35-36-37-38-39-40-41-42-43-44-45-47-48-51-54-57-60-63-66-72(75)78-69-70(68-77-71(74)65-62-59-56-53-50-21-18-15-12-9-6-3)79-73(76)67-64-61-58-55-52-49-46-25-23-20-17-14-11-8-5-2/h7,10,15-20,24-26,28-29,31-32,34-35,46,70H,4-6,8-9,11-14,21-23,27,30,33,36-45,47-69H2,1-3H3/b10-7-,18-15-,19-16-,20-17-,26-24-,29-28-,32-31-,35-34-,46-25-. The Balaban J connectivity index is 4.12. The fourth-order valence-electron chi connectivity index (χ4n) is 9.22. The van der Waals surface area contributed by atoms with Crippen molar-refractivity contribution in [1.29, 1.82) is 0 Å². The Kier molecular flexibility index (Phi) is 63.3. The maximum Gasteiger partial charge on any atom is 0.306 e. The molecule has 0 saturated carbocycles. The summed E-state index contributed by atoms with van der Waals surface area (Å²) < 4.78 is 16.9. The van der Waals surface area contributed by atoms with Crippen LogP contribution < -0.4 is 0 Å². The van der Waals surface area contributed by atoms with Crippen molar-refractivity contribution in [3.63, 3.8) is 0 Å². The van der Waals surface area contributed by atoms with Crippen molar-refractivity contribution in [2.75, 3.05) is 13.2 Å². The molecule has 0 spiro atoms. The van der Waals surface area contributed by atoms with E-state index in [1.807, 2.05) is 0 Å². The van der Waals surface area contributed by atoms with Gasteiger partial charge in [0.25, 0.3) is 0 Å². The number of carbonyl (C=O) groups is 3. The first-order valence-electron chi connectivity index (χ1n) is 33.4. The number of ether oxygens (including phenoxy) is 3. The average Bonchev–Trinajstić information content (AvgIpc) is 3.45. The van der Waals surface area contributed by atoms with Crippen molar-refractivity contribution in [2.24, 2.45) is 0 Å². The van der Waals surface area contributed by atoms with Gasteiger partial charge in [-0.25, -0.2) is 0 Å². The quantitative estimate of drug-likeness (QED) is 0.0261. The van der Waals surface area contributed by atoms with E-state index in [0.29, 0.717) is 19.3 Å². The van der Waals surface area contributed by atoms with Crippen LogP contribution in [0.3, 0.4) is 0 Å². The number of esters is 3. The summed E-state index contributed by atoms with van der Waals surface area (Å²) in [4.78, 5) is 38.2. The Morgan fingerprint density at radius 3 is 0.823 bits per heavy atom. The van der Waals surface area contributed by atoms with Gasteiger partial charge in [-0.05, 0) is 122 Å². The molecule has 79 heavy (non-hydrogen) atoms. The van der Waals surface area contributed by atoms with E-state index in [1.54, 1.807) is 0 Å². The highest BCUT2D eigenvalue weighted by atomic mass is 16.6. The smallest absolute Gasteiger partial charge is 0.306 e. The summed E-state index contributed by atoms with van der Waals surface area (Å²) in [6.07, 6.45) is 91.2. The molecule has 0 bridgehead atoms. The van der Waals surface area contributed by atoms with Gasteiger partial charge in [0.05, 0.1) is 0 Å². The molecule has 1 unspecified atom stereocenters. The van der Waals surface area contributed by atoms with E-state index in [-0.39, 0.29) is 31.1 Å². The molecular formula is C73H124O6. The Bertz CT molecular complexity index is 1590. The second-order valence-corrected chi connectivity index (χ2v) is 22.0. The Morgan fingerprint density at radius 2 is 0.506 bits per heavy atom. The van der Waals surface area contributed by atoms with Gasteiger partial charge >= 0.3 is 17.9 Å². The third kappa shape index (κ3) is 64.8. The summed E-state index contributed by atoms with van der Waals surface area (Å²) in [5.41, 5.74) is 0. The molecule has 0 N–H and O–H groups in total. The molecule has 0 radical (unpaired) electrons. The van der Waals surface area contributed by atoms with Gasteiger partial charge in [0, 0.05) is 19.3 Å². The summed E-state index contributed by atoms with van der Waals surface area (Å²) in [7, 11) is 0. The minimum atomic E-state index is -0.788. The molecule has 0 saturated heterocycles. The first-order chi connectivity index (χ1) is 39.0. The lowest BCUT2D eigenvalue weighted by Gasteiger charge is -2.18. The lowest BCUT2D eigenvalue weighted by atomic mass is 10.0. The van der Waals surface area contributed by atoms with Gasteiger partial charge in [0.15, 0.2) is 6.10 Å². The summed E-state index contributed by atoms with van der Waals surface area (Å²) in [6, 6.07) is 0. The van der Waals surface area contributed by atoms with E-state index in [4.69, 9.17) is 14.2 Å². The van der Waals surface area contributed by atoms with Crippen molar-refractivity contribution < 1.29 is 28.6 Å². The third-order valence-electron chi connectivity index (χ3n) is 14.2. The molecule has 0 aliphatic carbocycles. The normalized spacial score (nSPS) is 12.8. The van der Waals surface area contributed by atoms with E-state index < -0.39 is 6.10 Å². The lowest BCUT2D eigenvalue weighted by Crippen LogP contribution is -2.30. The van der Waals surface area contributed by atoms with Crippen LogP contribution >= 0.6 is 0 Å². The molecule has 6 heteroatoms. The summed E-state index contributed by atoms with van der Waals surface area (Å²) in [5, 5.41) is 0. The minimum absolute atomic E-state index is 0.0841. The number of carbonyl (C=O) groups excluding carboxylic acids is 3. The van der Waals surface area contributed by atoms with Gasteiger partial charge in [-0.15, -0.1) is 0 Å². The maximum absolute atomic E-state index is 12.9. The molecule has 0 aliphatic heterocycles. The van der Waals surface area contributed by atoms with Gasteiger partial charge < -0.3 is 14.2 Å². The molecule has 0 heterocycles. The monoisotopic (exact) mass is 1100 g/mol. The molecule has 0 aromatic carbocycles. The van der Waals surface area contributed by atoms with Crippen LogP contribution in [0.4, 0.5) is 0 Å². The van der Waals surface area contributed by atoms with E-state index in [2.05, 4.69) is 130 Å². The number of rotatable bonds is 60. The zero-order valence-electron chi connectivity index (χ0n) is 51.9. The van der Waals surface area contributed by atoms with Crippen LogP contribution in [0.25, 0.3) is 0 Å². The third-order valence-corrected chi connectivity index (χ3v) is 14.2. The van der Waals surface area contributed by atoms with Gasteiger partial charge in [-0.3, -0.25) is 14.4 Å². The van der Waals surface area contributed by atoms with Crippen molar-refractivity contribution in [3.8, 4) is 0 Å². The molecule has 0 aliphatic rings. The largest absolute Gasteiger partial charge is 0.462 e. The first kappa shape index (κ1) is 75.1. The predicted molar refractivity (Wildman–Crippen MR) is 343 cm³/mol. The molecule has 6 nitrogen and oxygen atoms in total. The Hall–Kier alpha value is -3.93. The van der Waals surface area contributed by atoms with Crippen molar-refractivity contribution in [1.82, 2.24) is 0 Å². The number of unbranched alkanes of at least 4 members (excludes halogenated alkanes) is 31. The Labute approximate surface area is 489 Å². The zero-order chi connectivity index (χ0) is 57.1. The number of allylic oxidation sites excluding steroid dienone is 18. The van der Waals surface area contributed by atoms with Gasteiger partial charge in [-0.2, -0.15) is 0 Å². The molecule has 0 amide bonds. The zero-order valence-corrected chi connectivity index (χ0v) is 51.9. The molecule has 452 valence electrons. The Morgan fingerprint density at radius 1 is 0.266 bits per heavy atom. The molecule has 0 rings (SSSR count). The highest BCUT2D eigenvalue weighted by Gasteiger charge is 2.19. The minimum Gasteiger partial charge on any atom is -0.462 e. The van der Waals surface area contributed by atoms with Crippen LogP contribution in [-0.2, 0) is 28.6 Å². The van der Waals surface area contributed by atoms with Crippen LogP contribution in [0.2, 0.25) is 0 Å². The van der Waals surface area contributed by atoms with Gasteiger partial charge in [0.2, 0.25) is 0 Å². The highest BCUT2D eigenvalue weighted by Crippen LogP contribution is 2.16. The van der Waals surface area contributed by atoms with E-state index in [1.165, 1.54) is 148 Å². The lowest BCUT2D eigenvalue weighted by molar-refractivity contribution is -0.167. The van der Waals surface area contributed by atoms with E-state index in [9.17, 15) is 14.4 Å². The summed E-state index contributed by atoms with van der Waals surface area (Å²) in [6.45, 7) is 6.46. The van der Waals surface area contributed by atoms with Crippen molar-refractivity contribution in [3.05, 3.63) is 109 Å². The first-order valence-corrected chi connectivity index (χ1v) is 33.4. The predicted octanol–water partition coefficient (Wildman–Crippen LogP) is 23.0. The number of hydrogen-bond acceptors (Lipinski definition) is 6. The van der Waals surface area contributed by atoms with Crippen molar-refractivity contribution in [2.45, 2.75) is 322 Å². The van der Waals surface area contributed by atoms with E-state index in [0.717, 1.165) is 128 Å². The van der Waals surface area contributed by atoms with Gasteiger partial charge in [0.1, 0.15) is 13.2 Å². The average molecular weight is 1100 g/mol. The maximum atomic E-state index is 12.9. The van der Waals surface area contributed by atoms with Gasteiger partial charge in [-0.1, -0.05) is 284 Å². The highest BCUT2D eigenvalue weighted by molar-refractivity contribution is 5.71. The van der Waals surface area contributed by atoms with Crippen LogP contribution in [0.5, 0.6) is 0 Å². The molecular weight excluding hydrogens is 973 g/mol. The molecule has 1 atom stereocenters. The fourth-order valence-corrected chi connectivity index (χ4v) is 9.22. The van der Waals surface area contributed by atoms with Crippen LogP contribution in [-0.4, -0.2) is 37.2 Å². The molecule has 0 aromatic rings. The summed E-state index contributed by atoms with van der Waals surface area (Å²) >= 11 is 0. The summed E-state index contributed by atoms with van der Waals surface area (Å²) in [5.74, 6) is -0.900. The van der Waals surface area contributed by atoms with Crippen LogP contribution in [0.15, 0.2) is 109 Å². The molecule has 0 fully saturated rings. The second-order valence-electron chi connectivity index (χ2n) is 22.0. The SMILES string of the molecule is CC/C=C\C/C=C\C/C=C\C/C=C\C/C=C\C/C=C\CCCCCCCCCCCCCCCCCCC(=O)OCC(COC(=O)CCCCCCC/C=C\CCCC)OC(=O)CCCCCCC/C=C\C/C=C\CCCCC. The second kappa shape index (κ2) is 66.6. The van der Waals surface area contributed by atoms with Crippen LogP contribution in [0.1, 0.15) is 316 Å². The van der Waals surface area contributed by atoms with Crippen molar-refractivity contribution >= 4 is 17.9 Å². The molecule has 0 aromatic heterocycles. The topological polar surface area (TPSA) is 78.9 Å². The number of hydrogen-bond donors (Lipinski definition) is 0. The van der Waals surface area contributed by atoms with Crippen LogP contribution in [0, 0.1) is 0 Å².